The molecule has 1 aromatic heterocycles. The number of nitrogens with zero attached hydrogens (tertiary/aromatic N) is 3. The summed E-state index contributed by atoms with van der Waals surface area (Å²) in [6.45, 7) is 2.69. The minimum Gasteiger partial charge on any atom is -0.356 e. The van der Waals surface area contributed by atoms with E-state index in [-0.39, 0.29) is 5.91 Å². The third kappa shape index (κ3) is 8.43. The number of amides is 1. The summed E-state index contributed by atoms with van der Waals surface area (Å²) in [7, 11) is 4.03. The molecule has 1 N–H and O–H groups in total. The summed E-state index contributed by atoms with van der Waals surface area (Å²) in [6.07, 6.45) is 14.7. The standard InChI is InChI=1S/C27H39ClN4OS2/c28-21-13-14-23-24(20-21)31-25-11-9-18-32(25)27(23)30-17-8-4-2-1-3-7-16-29-26(33)12-6-5-10-22-15-19-34-35-22/h13-14,20,22H,1-12,15-19H2,(H,29,33). The Morgan fingerprint density at radius 1 is 1.14 bits per heavy atom. The first-order valence-electron chi connectivity index (χ1n) is 13.4. The van der Waals surface area contributed by atoms with E-state index in [0.29, 0.717) is 6.42 Å². The molecule has 0 radical (unpaired) electrons. The van der Waals surface area contributed by atoms with Gasteiger partial charge in [-0.05, 0) is 56.7 Å². The summed E-state index contributed by atoms with van der Waals surface area (Å²) >= 11 is 6.19. The van der Waals surface area contributed by atoms with Crippen LogP contribution in [-0.4, -0.2) is 39.6 Å². The van der Waals surface area contributed by atoms with Gasteiger partial charge in [0.2, 0.25) is 5.91 Å². The predicted octanol–water partition coefficient (Wildman–Crippen LogP) is 6.71. The molecule has 2 aliphatic rings. The van der Waals surface area contributed by atoms with Crippen LogP contribution in [-0.2, 0) is 17.8 Å². The number of aryl methyl sites for hydroxylation is 1. The van der Waals surface area contributed by atoms with Gasteiger partial charge in [-0.15, -0.1) is 0 Å². The van der Waals surface area contributed by atoms with Crippen molar-refractivity contribution in [3.63, 3.8) is 0 Å². The molecular formula is C27H39ClN4OS2. The van der Waals surface area contributed by atoms with Gasteiger partial charge < -0.3 is 9.88 Å². The normalized spacial score (nSPS) is 17.9. The first-order chi connectivity index (χ1) is 17.2. The van der Waals surface area contributed by atoms with Crippen LogP contribution < -0.4 is 10.8 Å². The number of hydrogen-bond donors (Lipinski definition) is 1. The van der Waals surface area contributed by atoms with Crippen LogP contribution in [0.25, 0.3) is 10.9 Å². The molecule has 1 fully saturated rings. The Hall–Kier alpha value is -1.18. The molecule has 3 heterocycles. The van der Waals surface area contributed by atoms with Gasteiger partial charge in [0, 0.05) is 53.9 Å². The lowest BCUT2D eigenvalue weighted by atomic mass is 10.1. The first kappa shape index (κ1) is 26.9. The summed E-state index contributed by atoms with van der Waals surface area (Å²) < 4.78 is 2.29. The highest BCUT2D eigenvalue weighted by atomic mass is 35.5. The minimum atomic E-state index is 0.232. The summed E-state index contributed by atoms with van der Waals surface area (Å²) in [5.74, 6) is 2.66. The maximum Gasteiger partial charge on any atom is 0.219 e. The van der Waals surface area contributed by atoms with Gasteiger partial charge in [0.05, 0.1) is 5.52 Å². The number of carbonyl (C=O) groups is 1. The third-order valence-corrected chi connectivity index (χ3v) is 10.1. The summed E-state index contributed by atoms with van der Waals surface area (Å²) in [6, 6.07) is 5.95. The summed E-state index contributed by atoms with van der Waals surface area (Å²) in [4.78, 5) is 21.8. The number of hydrogen-bond acceptors (Lipinski definition) is 5. The molecular weight excluding hydrogens is 496 g/mol. The van der Waals surface area contributed by atoms with E-state index in [1.165, 1.54) is 50.7 Å². The smallest absolute Gasteiger partial charge is 0.219 e. The monoisotopic (exact) mass is 534 g/mol. The number of aromatic nitrogens is 2. The molecule has 2 aromatic rings. The molecule has 1 unspecified atom stereocenters. The maximum absolute atomic E-state index is 12.0. The van der Waals surface area contributed by atoms with E-state index < -0.39 is 0 Å². The van der Waals surface area contributed by atoms with Gasteiger partial charge >= 0.3 is 0 Å². The van der Waals surface area contributed by atoms with Gasteiger partial charge in [-0.2, -0.15) is 0 Å². The molecule has 2 aliphatic heterocycles. The number of benzene rings is 1. The average molecular weight is 535 g/mol. The molecule has 0 aliphatic carbocycles. The second kappa shape index (κ2) is 14.5. The van der Waals surface area contributed by atoms with E-state index in [1.807, 2.05) is 33.7 Å². The second-order valence-electron chi connectivity index (χ2n) is 9.70. The number of carbonyl (C=O) groups excluding carboxylic acids is 1. The highest BCUT2D eigenvalue weighted by Crippen LogP contribution is 2.39. The molecule has 0 spiro atoms. The van der Waals surface area contributed by atoms with Crippen LogP contribution in [0.4, 0.5) is 0 Å². The van der Waals surface area contributed by atoms with E-state index in [0.717, 1.165) is 84.2 Å². The van der Waals surface area contributed by atoms with Crippen molar-refractivity contribution in [2.24, 2.45) is 4.99 Å². The largest absolute Gasteiger partial charge is 0.356 e. The van der Waals surface area contributed by atoms with Crippen molar-refractivity contribution < 1.29 is 4.79 Å². The zero-order valence-corrected chi connectivity index (χ0v) is 23.2. The molecule has 35 heavy (non-hydrogen) atoms. The lowest BCUT2D eigenvalue weighted by Crippen LogP contribution is -2.24. The van der Waals surface area contributed by atoms with E-state index in [9.17, 15) is 4.79 Å². The van der Waals surface area contributed by atoms with Gasteiger partial charge in [0.15, 0.2) is 0 Å². The molecule has 1 atom stereocenters. The molecule has 5 nitrogen and oxygen atoms in total. The lowest BCUT2D eigenvalue weighted by molar-refractivity contribution is -0.121. The van der Waals surface area contributed by atoms with Crippen LogP contribution in [0.2, 0.25) is 5.02 Å². The lowest BCUT2D eigenvalue weighted by Gasteiger charge is -2.09. The molecule has 1 aromatic carbocycles. The third-order valence-electron chi connectivity index (χ3n) is 6.88. The Balaban J connectivity index is 1.06. The molecule has 0 saturated carbocycles. The van der Waals surface area contributed by atoms with E-state index in [4.69, 9.17) is 21.6 Å². The molecule has 192 valence electrons. The highest BCUT2D eigenvalue weighted by molar-refractivity contribution is 8.77. The number of nitrogens with one attached hydrogen (secondary N) is 1. The molecule has 8 heteroatoms. The molecule has 1 amide bonds. The van der Waals surface area contributed by atoms with Crippen molar-refractivity contribution >= 4 is 50.0 Å². The minimum absolute atomic E-state index is 0.232. The maximum atomic E-state index is 12.0. The number of rotatable bonds is 14. The van der Waals surface area contributed by atoms with Crippen LogP contribution in [0, 0.1) is 0 Å². The Kier molecular flexibility index (Phi) is 11.2. The SMILES string of the molecule is O=C(CCCCC1CCSS1)NCCCCCCCCN=c1c2ccc(Cl)cc2nc2n1CCC2. The Morgan fingerprint density at radius 2 is 2.00 bits per heavy atom. The quantitative estimate of drug-likeness (QED) is 0.216. The van der Waals surface area contributed by atoms with Gasteiger partial charge in [-0.3, -0.25) is 9.79 Å². The molecule has 4 rings (SSSR count). The summed E-state index contributed by atoms with van der Waals surface area (Å²) in [5, 5.41) is 5.76. The van der Waals surface area contributed by atoms with Gasteiger partial charge in [-0.25, -0.2) is 4.98 Å². The van der Waals surface area contributed by atoms with Gasteiger partial charge in [0.1, 0.15) is 11.3 Å². The molecule has 1 saturated heterocycles. The number of fused-ring (bicyclic) bond motifs is 2. The van der Waals surface area contributed by atoms with Crippen molar-refractivity contribution in [1.82, 2.24) is 14.9 Å². The van der Waals surface area contributed by atoms with E-state index in [1.54, 1.807) is 0 Å². The average Bonchev–Trinajstić information content (AvgIpc) is 3.54. The second-order valence-corrected chi connectivity index (χ2v) is 12.9. The van der Waals surface area contributed by atoms with Crippen LogP contribution in [0.3, 0.4) is 0 Å². The van der Waals surface area contributed by atoms with Crippen molar-refractivity contribution in [3.8, 4) is 0 Å². The Morgan fingerprint density at radius 3 is 2.86 bits per heavy atom. The zero-order valence-electron chi connectivity index (χ0n) is 20.8. The van der Waals surface area contributed by atoms with E-state index >= 15 is 0 Å². The fraction of sp³-hybridized carbons (Fsp3) is 0.667. The van der Waals surface area contributed by atoms with Crippen molar-refractivity contribution in [1.29, 1.82) is 0 Å². The zero-order chi connectivity index (χ0) is 24.3. The van der Waals surface area contributed by atoms with Crippen molar-refractivity contribution in [2.45, 2.75) is 95.3 Å². The number of unbranched alkanes of at least 4 members (excludes halogenated alkanes) is 6. The predicted molar refractivity (Wildman–Crippen MR) is 151 cm³/mol. The van der Waals surface area contributed by atoms with Crippen LogP contribution in [0.5, 0.6) is 0 Å². The van der Waals surface area contributed by atoms with Gasteiger partial charge in [0.25, 0.3) is 0 Å². The fourth-order valence-corrected chi connectivity index (χ4v) is 8.11. The first-order valence-corrected chi connectivity index (χ1v) is 16.2. The number of halogens is 1. The van der Waals surface area contributed by atoms with Gasteiger partial charge in [-0.1, -0.05) is 65.3 Å². The Labute approximate surface area is 222 Å². The van der Waals surface area contributed by atoms with Crippen molar-refractivity contribution in [2.75, 3.05) is 18.8 Å². The highest BCUT2D eigenvalue weighted by Gasteiger charge is 2.16. The Bertz CT molecular complexity index is 1040. The van der Waals surface area contributed by atoms with Crippen molar-refractivity contribution in [3.05, 3.63) is 34.5 Å². The fourth-order valence-electron chi connectivity index (χ4n) is 4.91. The topological polar surface area (TPSA) is 59.3 Å². The van der Waals surface area contributed by atoms with Crippen LogP contribution >= 0.6 is 33.2 Å². The summed E-state index contributed by atoms with van der Waals surface area (Å²) in [5.41, 5.74) is 2.03. The van der Waals surface area contributed by atoms with Crippen LogP contribution in [0.1, 0.15) is 82.9 Å². The molecule has 0 bridgehead atoms. The van der Waals surface area contributed by atoms with Crippen LogP contribution in [0.15, 0.2) is 23.2 Å². The van der Waals surface area contributed by atoms with E-state index in [2.05, 4.69) is 16.0 Å².